The third-order valence-corrected chi connectivity index (χ3v) is 2.69. The lowest BCUT2D eigenvalue weighted by Crippen LogP contribution is -2.09. The van der Waals surface area contributed by atoms with Crippen LogP contribution in [0.4, 0.5) is 10.1 Å². The maximum Gasteiger partial charge on any atom is 0.149 e. The SMILES string of the molecule is CCc1cc(NN)c2c(C)ccc(F)c2n1. The molecule has 0 amide bonds. The first-order chi connectivity index (χ1) is 7.67. The molecule has 0 aliphatic rings. The number of aromatic nitrogens is 1. The number of nitrogens with one attached hydrogen (secondary N) is 1. The highest BCUT2D eigenvalue weighted by molar-refractivity contribution is 5.94. The summed E-state index contributed by atoms with van der Waals surface area (Å²) in [5, 5.41) is 0.750. The molecule has 0 aliphatic carbocycles. The second kappa shape index (κ2) is 4.06. The topological polar surface area (TPSA) is 50.9 Å². The molecule has 0 radical (unpaired) electrons. The first kappa shape index (κ1) is 10.8. The zero-order valence-electron chi connectivity index (χ0n) is 9.34. The van der Waals surface area contributed by atoms with Gasteiger partial charge in [-0.15, -0.1) is 0 Å². The summed E-state index contributed by atoms with van der Waals surface area (Å²) < 4.78 is 13.7. The van der Waals surface area contributed by atoms with Gasteiger partial charge in [0.25, 0.3) is 0 Å². The molecule has 0 spiro atoms. The van der Waals surface area contributed by atoms with E-state index in [1.165, 1.54) is 6.07 Å². The molecule has 0 atom stereocenters. The molecule has 0 bridgehead atoms. The minimum atomic E-state index is -0.313. The highest BCUT2D eigenvalue weighted by Crippen LogP contribution is 2.27. The van der Waals surface area contributed by atoms with Crippen molar-refractivity contribution in [2.24, 2.45) is 5.84 Å². The normalized spacial score (nSPS) is 10.8. The van der Waals surface area contributed by atoms with Gasteiger partial charge in [-0.1, -0.05) is 13.0 Å². The quantitative estimate of drug-likeness (QED) is 0.602. The summed E-state index contributed by atoms with van der Waals surface area (Å²) in [6, 6.07) is 5.02. The second-order valence-electron chi connectivity index (χ2n) is 3.75. The van der Waals surface area contributed by atoms with Crippen LogP contribution in [0.5, 0.6) is 0 Å². The summed E-state index contributed by atoms with van der Waals surface area (Å²) >= 11 is 0. The van der Waals surface area contributed by atoms with Crippen LogP contribution in [0, 0.1) is 12.7 Å². The fourth-order valence-corrected chi connectivity index (χ4v) is 1.83. The van der Waals surface area contributed by atoms with Crippen molar-refractivity contribution in [3.63, 3.8) is 0 Å². The number of nitrogens with zero attached hydrogens (tertiary/aromatic N) is 1. The number of fused-ring (bicyclic) bond motifs is 1. The van der Waals surface area contributed by atoms with Crippen molar-refractivity contribution in [1.29, 1.82) is 0 Å². The molecule has 0 fully saturated rings. The van der Waals surface area contributed by atoms with Gasteiger partial charge in [-0.05, 0) is 31.0 Å². The Bertz CT molecular complexity index is 537. The number of rotatable bonds is 2. The van der Waals surface area contributed by atoms with Crippen LogP contribution >= 0.6 is 0 Å². The molecule has 0 aliphatic heterocycles. The van der Waals surface area contributed by atoms with E-state index >= 15 is 0 Å². The largest absolute Gasteiger partial charge is 0.323 e. The summed E-state index contributed by atoms with van der Waals surface area (Å²) in [5.41, 5.74) is 5.49. The number of pyridine rings is 1. The van der Waals surface area contributed by atoms with Crippen LogP contribution in [0.1, 0.15) is 18.2 Å². The summed E-state index contributed by atoms with van der Waals surface area (Å²) in [6.07, 6.45) is 0.748. The molecule has 4 heteroatoms. The van der Waals surface area contributed by atoms with Crippen LogP contribution in [-0.4, -0.2) is 4.98 Å². The lowest BCUT2D eigenvalue weighted by Gasteiger charge is -2.10. The third kappa shape index (κ3) is 1.61. The van der Waals surface area contributed by atoms with E-state index in [9.17, 15) is 4.39 Å². The van der Waals surface area contributed by atoms with E-state index in [1.54, 1.807) is 6.07 Å². The minimum absolute atomic E-state index is 0.313. The van der Waals surface area contributed by atoms with Crippen molar-refractivity contribution < 1.29 is 4.39 Å². The van der Waals surface area contributed by atoms with E-state index in [0.29, 0.717) is 5.52 Å². The Balaban J connectivity index is 2.88. The minimum Gasteiger partial charge on any atom is -0.323 e. The van der Waals surface area contributed by atoms with Crippen molar-refractivity contribution in [2.45, 2.75) is 20.3 Å². The fourth-order valence-electron chi connectivity index (χ4n) is 1.83. The lowest BCUT2D eigenvalue weighted by atomic mass is 10.1. The predicted octanol–water partition coefficient (Wildman–Crippen LogP) is 2.53. The zero-order chi connectivity index (χ0) is 11.7. The van der Waals surface area contributed by atoms with Gasteiger partial charge in [-0.2, -0.15) is 0 Å². The first-order valence-corrected chi connectivity index (χ1v) is 5.22. The monoisotopic (exact) mass is 219 g/mol. The Morgan fingerprint density at radius 3 is 2.81 bits per heavy atom. The number of aryl methyl sites for hydroxylation is 2. The van der Waals surface area contributed by atoms with Gasteiger partial charge in [0.05, 0.1) is 5.69 Å². The number of anilines is 1. The number of hydrazine groups is 1. The van der Waals surface area contributed by atoms with E-state index in [2.05, 4.69) is 10.4 Å². The molecule has 1 aromatic carbocycles. The number of hydrogen-bond donors (Lipinski definition) is 2. The van der Waals surface area contributed by atoms with E-state index in [1.807, 2.05) is 19.9 Å². The van der Waals surface area contributed by atoms with Crippen molar-refractivity contribution >= 4 is 16.6 Å². The Morgan fingerprint density at radius 2 is 2.19 bits per heavy atom. The van der Waals surface area contributed by atoms with Gasteiger partial charge in [0.1, 0.15) is 11.3 Å². The van der Waals surface area contributed by atoms with Crippen LogP contribution in [0.3, 0.4) is 0 Å². The first-order valence-electron chi connectivity index (χ1n) is 5.22. The molecular weight excluding hydrogens is 205 g/mol. The van der Waals surface area contributed by atoms with Crippen molar-refractivity contribution in [3.05, 3.63) is 35.3 Å². The summed E-state index contributed by atoms with van der Waals surface area (Å²) in [5.74, 6) is 5.15. The Hall–Kier alpha value is -1.68. The molecule has 0 saturated heterocycles. The molecule has 16 heavy (non-hydrogen) atoms. The number of benzene rings is 1. The van der Waals surface area contributed by atoms with E-state index in [0.717, 1.165) is 28.8 Å². The number of nitrogen functional groups attached to an aromatic ring is 1. The van der Waals surface area contributed by atoms with Gasteiger partial charge in [-0.25, -0.2) is 9.37 Å². The highest BCUT2D eigenvalue weighted by atomic mass is 19.1. The van der Waals surface area contributed by atoms with Gasteiger partial charge in [0, 0.05) is 11.1 Å². The van der Waals surface area contributed by atoms with Crippen molar-refractivity contribution in [2.75, 3.05) is 5.43 Å². The molecule has 1 heterocycles. The van der Waals surface area contributed by atoms with Gasteiger partial charge < -0.3 is 5.43 Å². The highest BCUT2D eigenvalue weighted by Gasteiger charge is 2.10. The number of nitrogens with two attached hydrogens (primary N) is 1. The number of hydrogen-bond acceptors (Lipinski definition) is 3. The van der Waals surface area contributed by atoms with Crippen LogP contribution < -0.4 is 11.3 Å². The van der Waals surface area contributed by atoms with Crippen LogP contribution in [0.25, 0.3) is 10.9 Å². The van der Waals surface area contributed by atoms with E-state index in [4.69, 9.17) is 5.84 Å². The Kier molecular flexibility index (Phi) is 2.75. The summed E-state index contributed by atoms with van der Waals surface area (Å²) in [4.78, 5) is 4.29. The Labute approximate surface area is 93.5 Å². The molecule has 0 saturated carbocycles. The molecule has 84 valence electrons. The molecule has 2 aromatic rings. The average molecular weight is 219 g/mol. The van der Waals surface area contributed by atoms with Crippen LogP contribution in [-0.2, 0) is 6.42 Å². The van der Waals surface area contributed by atoms with Gasteiger partial charge in [0.2, 0.25) is 0 Å². The van der Waals surface area contributed by atoms with Gasteiger partial charge in [0.15, 0.2) is 0 Å². The molecule has 2 rings (SSSR count). The van der Waals surface area contributed by atoms with Crippen molar-refractivity contribution in [3.8, 4) is 0 Å². The van der Waals surface area contributed by atoms with Crippen LogP contribution in [0.2, 0.25) is 0 Å². The maximum absolute atomic E-state index is 13.7. The molecule has 1 aromatic heterocycles. The predicted molar refractivity (Wildman–Crippen MR) is 63.6 cm³/mol. The van der Waals surface area contributed by atoms with Crippen LogP contribution in [0.15, 0.2) is 18.2 Å². The summed E-state index contributed by atoms with van der Waals surface area (Å²) in [6.45, 7) is 3.89. The van der Waals surface area contributed by atoms with E-state index in [-0.39, 0.29) is 5.82 Å². The van der Waals surface area contributed by atoms with Gasteiger partial charge in [-0.3, -0.25) is 5.84 Å². The Morgan fingerprint density at radius 1 is 1.44 bits per heavy atom. The molecular formula is C12H14FN3. The van der Waals surface area contributed by atoms with Gasteiger partial charge >= 0.3 is 0 Å². The lowest BCUT2D eigenvalue weighted by molar-refractivity contribution is 0.636. The smallest absolute Gasteiger partial charge is 0.149 e. The maximum atomic E-state index is 13.7. The van der Waals surface area contributed by atoms with Crippen molar-refractivity contribution in [1.82, 2.24) is 4.98 Å². The second-order valence-corrected chi connectivity index (χ2v) is 3.75. The standard InChI is InChI=1S/C12H14FN3/c1-3-8-6-10(16-14)11-7(2)4-5-9(13)12(11)15-8/h4-6H,3,14H2,1-2H3,(H,15,16). The zero-order valence-corrected chi connectivity index (χ0v) is 9.34. The molecule has 3 nitrogen and oxygen atoms in total. The number of halogens is 1. The summed E-state index contributed by atoms with van der Waals surface area (Å²) in [7, 11) is 0. The molecule has 0 unspecified atom stereocenters. The third-order valence-electron chi connectivity index (χ3n) is 2.69. The molecule has 3 N–H and O–H groups in total. The van der Waals surface area contributed by atoms with E-state index < -0.39 is 0 Å². The fraction of sp³-hybridized carbons (Fsp3) is 0.250. The average Bonchev–Trinajstić information content (AvgIpc) is 2.32.